The summed E-state index contributed by atoms with van der Waals surface area (Å²) in [6.45, 7) is 5.96. The molecule has 28 heavy (non-hydrogen) atoms. The molecule has 0 aliphatic rings. The number of carbonyl (C=O) groups excluding carboxylic acids is 1. The Morgan fingerprint density at radius 1 is 1.04 bits per heavy atom. The predicted octanol–water partition coefficient (Wildman–Crippen LogP) is 3.40. The normalized spacial score (nSPS) is 11.1. The number of carbonyl (C=O) groups is 1. The third kappa shape index (κ3) is 3.26. The number of aryl methyl sites for hydroxylation is 4. The highest BCUT2D eigenvalue weighted by Crippen LogP contribution is 2.30. The standard InChI is InChI=1S/C21H22N6O/c1-13-5-7-16(8-6-13)17-9-10-22-21-20(17)15(3)25-27(21)12-19(28)23-18-11-26(4)24-14(18)2/h5-11H,12H2,1-4H3,(H,23,28). The van der Waals surface area contributed by atoms with Gasteiger partial charge in [0.1, 0.15) is 6.54 Å². The first-order valence-corrected chi connectivity index (χ1v) is 9.11. The molecule has 3 aromatic heterocycles. The van der Waals surface area contributed by atoms with Gasteiger partial charge in [-0.1, -0.05) is 29.8 Å². The number of fused-ring (bicyclic) bond motifs is 1. The summed E-state index contributed by atoms with van der Waals surface area (Å²) in [5.74, 6) is -0.164. The number of amides is 1. The molecule has 142 valence electrons. The van der Waals surface area contributed by atoms with Crippen molar-refractivity contribution in [3.05, 3.63) is 59.7 Å². The molecule has 7 heteroatoms. The first kappa shape index (κ1) is 17.9. The number of benzene rings is 1. The van der Waals surface area contributed by atoms with Crippen molar-refractivity contribution in [1.29, 1.82) is 0 Å². The second-order valence-electron chi connectivity index (χ2n) is 7.02. The minimum atomic E-state index is -0.164. The van der Waals surface area contributed by atoms with Crippen LogP contribution in [0.5, 0.6) is 0 Å². The van der Waals surface area contributed by atoms with E-state index in [2.05, 4.69) is 51.7 Å². The van der Waals surface area contributed by atoms with Gasteiger partial charge in [-0.15, -0.1) is 0 Å². The van der Waals surface area contributed by atoms with E-state index in [0.717, 1.165) is 27.9 Å². The predicted molar refractivity (Wildman–Crippen MR) is 109 cm³/mol. The molecule has 0 saturated carbocycles. The molecule has 7 nitrogen and oxygen atoms in total. The number of aromatic nitrogens is 5. The van der Waals surface area contributed by atoms with Gasteiger partial charge in [0.2, 0.25) is 5.91 Å². The van der Waals surface area contributed by atoms with Gasteiger partial charge in [-0.25, -0.2) is 9.67 Å². The van der Waals surface area contributed by atoms with E-state index < -0.39 is 0 Å². The molecule has 1 aromatic carbocycles. The molecule has 0 aliphatic heterocycles. The van der Waals surface area contributed by atoms with Gasteiger partial charge in [0.25, 0.3) is 0 Å². The van der Waals surface area contributed by atoms with Crippen molar-refractivity contribution in [3.63, 3.8) is 0 Å². The third-order valence-corrected chi connectivity index (χ3v) is 4.75. The van der Waals surface area contributed by atoms with Gasteiger partial charge >= 0.3 is 0 Å². The Kier molecular flexibility index (Phi) is 4.43. The van der Waals surface area contributed by atoms with E-state index in [-0.39, 0.29) is 12.5 Å². The fraction of sp³-hybridized carbons (Fsp3) is 0.238. The number of nitrogens with zero attached hydrogens (tertiary/aromatic N) is 5. The molecule has 0 fully saturated rings. The summed E-state index contributed by atoms with van der Waals surface area (Å²) in [4.78, 5) is 17.0. The van der Waals surface area contributed by atoms with E-state index >= 15 is 0 Å². The van der Waals surface area contributed by atoms with Crippen LogP contribution in [0.4, 0.5) is 5.69 Å². The van der Waals surface area contributed by atoms with Crippen LogP contribution in [0.2, 0.25) is 0 Å². The maximum atomic E-state index is 12.6. The molecule has 0 bridgehead atoms. The molecule has 0 aliphatic carbocycles. The van der Waals surface area contributed by atoms with Crippen molar-refractivity contribution >= 4 is 22.6 Å². The lowest BCUT2D eigenvalue weighted by Crippen LogP contribution is -2.20. The Hall–Kier alpha value is -3.48. The zero-order valence-corrected chi connectivity index (χ0v) is 16.4. The van der Waals surface area contributed by atoms with Gasteiger partial charge in [0.15, 0.2) is 5.65 Å². The van der Waals surface area contributed by atoms with E-state index in [0.29, 0.717) is 11.3 Å². The van der Waals surface area contributed by atoms with E-state index in [9.17, 15) is 4.79 Å². The summed E-state index contributed by atoms with van der Waals surface area (Å²) in [5.41, 5.74) is 6.42. The van der Waals surface area contributed by atoms with E-state index in [1.54, 1.807) is 21.8 Å². The molecule has 0 spiro atoms. The molecule has 1 N–H and O–H groups in total. The summed E-state index contributed by atoms with van der Waals surface area (Å²) in [7, 11) is 1.82. The molecule has 0 unspecified atom stereocenters. The monoisotopic (exact) mass is 374 g/mol. The summed E-state index contributed by atoms with van der Waals surface area (Å²) < 4.78 is 3.33. The Balaban J connectivity index is 1.67. The first-order chi connectivity index (χ1) is 13.4. The lowest BCUT2D eigenvalue weighted by atomic mass is 10.0. The van der Waals surface area contributed by atoms with Crippen molar-refractivity contribution in [2.45, 2.75) is 27.3 Å². The maximum absolute atomic E-state index is 12.6. The lowest BCUT2D eigenvalue weighted by molar-refractivity contribution is -0.116. The van der Waals surface area contributed by atoms with Gasteiger partial charge in [-0.3, -0.25) is 9.48 Å². The third-order valence-electron chi connectivity index (χ3n) is 4.75. The van der Waals surface area contributed by atoms with E-state index in [1.165, 1.54) is 5.56 Å². The molecule has 1 amide bonds. The van der Waals surface area contributed by atoms with Crippen molar-refractivity contribution in [2.24, 2.45) is 7.05 Å². The van der Waals surface area contributed by atoms with Crippen LogP contribution in [0.3, 0.4) is 0 Å². The minimum absolute atomic E-state index is 0.0863. The van der Waals surface area contributed by atoms with Gasteiger partial charge in [-0.2, -0.15) is 10.2 Å². The molecule has 4 aromatic rings. The van der Waals surface area contributed by atoms with Gasteiger partial charge in [0.05, 0.1) is 17.1 Å². The van der Waals surface area contributed by atoms with Crippen LogP contribution in [0.25, 0.3) is 22.2 Å². The summed E-state index contributed by atoms with van der Waals surface area (Å²) in [6, 6.07) is 10.4. The van der Waals surface area contributed by atoms with Crippen LogP contribution in [0.15, 0.2) is 42.7 Å². The molecular formula is C21H22N6O. The van der Waals surface area contributed by atoms with Crippen molar-refractivity contribution in [3.8, 4) is 11.1 Å². The zero-order valence-electron chi connectivity index (χ0n) is 16.4. The molecule has 4 rings (SSSR count). The molecule has 3 heterocycles. The number of pyridine rings is 1. The van der Waals surface area contributed by atoms with Crippen LogP contribution in [-0.4, -0.2) is 30.5 Å². The van der Waals surface area contributed by atoms with Crippen LogP contribution >= 0.6 is 0 Å². The second-order valence-corrected chi connectivity index (χ2v) is 7.02. The number of nitrogens with one attached hydrogen (secondary N) is 1. The van der Waals surface area contributed by atoms with Crippen LogP contribution in [-0.2, 0) is 18.4 Å². The number of anilines is 1. The minimum Gasteiger partial charge on any atom is -0.322 e. The number of hydrogen-bond acceptors (Lipinski definition) is 4. The lowest BCUT2D eigenvalue weighted by Gasteiger charge is -2.06. The second kappa shape index (κ2) is 6.92. The van der Waals surface area contributed by atoms with Gasteiger partial charge in [0, 0.05) is 24.8 Å². The first-order valence-electron chi connectivity index (χ1n) is 9.11. The fourth-order valence-corrected chi connectivity index (χ4v) is 3.41. The topological polar surface area (TPSA) is 77.6 Å². The van der Waals surface area contributed by atoms with Crippen LogP contribution in [0.1, 0.15) is 17.0 Å². The van der Waals surface area contributed by atoms with E-state index in [4.69, 9.17) is 0 Å². The number of rotatable bonds is 4. The molecule has 0 radical (unpaired) electrons. The highest BCUT2D eigenvalue weighted by Gasteiger charge is 2.16. The number of hydrogen-bond donors (Lipinski definition) is 1. The molecule has 0 saturated heterocycles. The SMILES string of the molecule is Cc1ccc(-c2ccnc3c2c(C)nn3CC(=O)Nc2cn(C)nc2C)cc1. The van der Waals surface area contributed by atoms with Gasteiger partial charge < -0.3 is 5.32 Å². The smallest absolute Gasteiger partial charge is 0.246 e. The van der Waals surface area contributed by atoms with Crippen molar-refractivity contribution in [1.82, 2.24) is 24.5 Å². The molecule has 0 atom stereocenters. The zero-order chi connectivity index (χ0) is 19.8. The summed E-state index contributed by atoms with van der Waals surface area (Å²) >= 11 is 0. The Bertz CT molecular complexity index is 1170. The summed E-state index contributed by atoms with van der Waals surface area (Å²) in [6.07, 6.45) is 3.55. The maximum Gasteiger partial charge on any atom is 0.246 e. The average molecular weight is 374 g/mol. The van der Waals surface area contributed by atoms with Crippen molar-refractivity contribution in [2.75, 3.05) is 5.32 Å². The van der Waals surface area contributed by atoms with Gasteiger partial charge in [-0.05, 0) is 38.0 Å². The highest BCUT2D eigenvalue weighted by molar-refractivity contribution is 5.96. The van der Waals surface area contributed by atoms with Crippen LogP contribution in [0, 0.1) is 20.8 Å². The summed E-state index contributed by atoms with van der Waals surface area (Å²) in [5, 5.41) is 12.7. The highest BCUT2D eigenvalue weighted by atomic mass is 16.2. The van der Waals surface area contributed by atoms with E-state index in [1.807, 2.05) is 27.0 Å². The van der Waals surface area contributed by atoms with Crippen LogP contribution < -0.4 is 5.32 Å². The Labute approximate surface area is 163 Å². The Morgan fingerprint density at radius 3 is 2.46 bits per heavy atom. The quantitative estimate of drug-likeness (QED) is 0.594. The van der Waals surface area contributed by atoms with Crippen molar-refractivity contribution < 1.29 is 4.79 Å². The average Bonchev–Trinajstić information content (AvgIpc) is 3.14. The largest absolute Gasteiger partial charge is 0.322 e. The molecular weight excluding hydrogens is 352 g/mol. The fourth-order valence-electron chi connectivity index (χ4n) is 3.41. The Morgan fingerprint density at radius 2 is 1.79 bits per heavy atom.